The van der Waals surface area contributed by atoms with Gasteiger partial charge >= 0.3 is 0 Å². The maximum Gasteiger partial charge on any atom is 0.0867 e. The van der Waals surface area contributed by atoms with Gasteiger partial charge < -0.3 is 5.32 Å². The summed E-state index contributed by atoms with van der Waals surface area (Å²) in [5.74, 6) is 0. The number of para-hydroxylation sites is 1. The second kappa shape index (κ2) is 6.04. The molecule has 0 aliphatic heterocycles. The number of rotatable bonds is 3. The van der Waals surface area contributed by atoms with Crippen molar-refractivity contribution in [3.05, 3.63) is 69.3 Å². The molecule has 4 heteroatoms. The standard InChI is InChI=1S/C17H14BrClN2/c1-11-8-16(14-6-3-7-15(18)17(14)21-11)20-10-12-4-2-5-13(19)9-12/h2-9H,10H2,1H3,(H,20,21). The van der Waals surface area contributed by atoms with Crippen LogP contribution in [0.15, 0.2) is 53.0 Å². The summed E-state index contributed by atoms with van der Waals surface area (Å²) in [5, 5.41) is 5.35. The molecule has 3 aromatic rings. The predicted molar refractivity (Wildman–Crippen MR) is 93.0 cm³/mol. The van der Waals surface area contributed by atoms with Crippen molar-refractivity contribution in [1.82, 2.24) is 4.98 Å². The third kappa shape index (κ3) is 3.20. The van der Waals surface area contributed by atoms with E-state index in [0.29, 0.717) is 0 Å². The molecule has 0 bridgehead atoms. The molecule has 1 N–H and O–H groups in total. The number of benzene rings is 2. The Labute approximate surface area is 137 Å². The van der Waals surface area contributed by atoms with E-state index >= 15 is 0 Å². The minimum Gasteiger partial charge on any atom is -0.380 e. The zero-order valence-corrected chi connectivity index (χ0v) is 13.9. The summed E-state index contributed by atoms with van der Waals surface area (Å²) in [6, 6.07) is 16.1. The molecule has 3 rings (SSSR count). The van der Waals surface area contributed by atoms with Gasteiger partial charge in [0.1, 0.15) is 0 Å². The number of hydrogen-bond acceptors (Lipinski definition) is 2. The summed E-state index contributed by atoms with van der Waals surface area (Å²) in [6.07, 6.45) is 0. The van der Waals surface area contributed by atoms with E-state index in [4.69, 9.17) is 11.6 Å². The summed E-state index contributed by atoms with van der Waals surface area (Å²) in [5.41, 5.74) is 4.20. The van der Waals surface area contributed by atoms with Gasteiger partial charge in [0.15, 0.2) is 0 Å². The first-order chi connectivity index (χ1) is 10.1. The first-order valence-electron chi connectivity index (χ1n) is 6.68. The molecular weight excluding hydrogens is 348 g/mol. The highest BCUT2D eigenvalue weighted by Crippen LogP contribution is 2.29. The summed E-state index contributed by atoms with van der Waals surface area (Å²) in [6.45, 7) is 2.73. The molecule has 1 heterocycles. The highest BCUT2D eigenvalue weighted by Gasteiger charge is 2.06. The van der Waals surface area contributed by atoms with E-state index in [1.54, 1.807) is 0 Å². The quantitative estimate of drug-likeness (QED) is 0.659. The van der Waals surface area contributed by atoms with Crippen molar-refractivity contribution in [2.24, 2.45) is 0 Å². The molecule has 2 aromatic carbocycles. The number of nitrogens with zero attached hydrogens (tertiary/aromatic N) is 1. The zero-order chi connectivity index (χ0) is 14.8. The van der Waals surface area contributed by atoms with E-state index in [0.717, 1.165) is 43.9 Å². The van der Waals surface area contributed by atoms with Gasteiger partial charge in [-0.2, -0.15) is 0 Å². The fraction of sp³-hybridized carbons (Fsp3) is 0.118. The van der Waals surface area contributed by atoms with Gasteiger partial charge in [-0.15, -0.1) is 0 Å². The van der Waals surface area contributed by atoms with Gasteiger partial charge in [0.2, 0.25) is 0 Å². The molecule has 0 aliphatic rings. The van der Waals surface area contributed by atoms with Crippen LogP contribution in [0.1, 0.15) is 11.3 Å². The Hall–Kier alpha value is -1.58. The Balaban J connectivity index is 1.95. The Morgan fingerprint density at radius 3 is 2.76 bits per heavy atom. The average molecular weight is 362 g/mol. The summed E-state index contributed by atoms with van der Waals surface area (Å²) in [4.78, 5) is 4.60. The number of aryl methyl sites for hydroxylation is 1. The van der Waals surface area contributed by atoms with Gasteiger partial charge in [-0.1, -0.05) is 35.9 Å². The smallest absolute Gasteiger partial charge is 0.0867 e. The first-order valence-corrected chi connectivity index (χ1v) is 7.85. The molecule has 0 aliphatic carbocycles. The Kier molecular flexibility index (Phi) is 4.13. The van der Waals surface area contributed by atoms with Crippen LogP contribution in [-0.4, -0.2) is 4.98 Å². The lowest BCUT2D eigenvalue weighted by Gasteiger charge is -2.12. The van der Waals surface area contributed by atoms with Gasteiger partial charge in [-0.25, -0.2) is 0 Å². The number of hydrogen-bond donors (Lipinski definition) is 1. The van der Waals surface area contributed by atoms with E-state index in [2.05, 4.69) is 44.4 Å². The van der Waals surface area contributed by atoms with Crippen LogP contribution in [0.3, 0.4) is 0 Å². The lowest BCUT2D eigenvalue weighted by atomic mass is 10.1. The number of pyridine rings is 1. The second-order valence-corrected chi connectivity index (χ2v) is 6.22. The third-order valence-corrected chi connectivity index (χ3v) is 4.17. The van der Waals surface area contributed by atoms with Crippen molar-refractivity contribution in [3.63, 3.8) is 0 Å². The number of nitrogens with one attached hydrogen (secondary N) is 1. The van der Waals surface area contributed by atoms with Crippen LogP contribution in [0, 0.1) is 6.92 Å². The average Bonchev–Trinajstić information content (AvgIpc) is 2.46. The molecule has 2 nitrogen and oxygen atoms in total. The van der Waals surface area contributed by atoms with Crippen LogP contribution in [0.2, 0.25) is 5.02 Å². The van der Waals surface area contributed by atoms with Gasteiger partial charge in [-0.05, 0) is 52.7 Å². The maximum atomic E-state index is 6.02. The van der Waals surface area contributed by atoms with Gasteiger partial charge in [0, 0.05) is 32.8 Å². The van der Waals surface area contributed by atoms with E-state index < -0.39 is 0 Å². The minimum absolute atomic E-state index is 0.728. The van der Waals surface area contributed by atoms with Crippen LogP contribution in [0.4, 0.5) is 5.69 Å². The predicted octanol–water partition coefficient (Wildman–Crippen LogP) is 5.57. The van der Waals surface area contributed by atoms with Crippen molar-refractivity contribution >= 4 is 44.1 Å². The molecule has 0 fully saturated rings. The molecule has 0 spiro atoms. The van der Waals surface area contributed by atoms with E-state index in [-0.39, 0.29) is 0 Å². The van der Waals surface area contributed by atoms with Gasteiger partial charge in [-0.3, -0.25) is 4.98 Å². The molecule has 0 atom stereocenters. The summed E-state index contributed by atoms with van der Waals surface area (Å²) in [7, 11) is 0. The fourth-order valence-corrected chi connectivity index (χ4v) is 3.00. The fourth-order valence-electron chi connectivity index (χ4n) is 2.33. The molecule has 0 radical (unpaired) electrons. The second-order valence-electron chi connectivity index (χ2n) is 4.93. The summed E-state index contributed by atoms with van der Waals surface area (Å²) < 4.78 is 1.01. The topological polar surface area (TPSA) is 24.9 Å². The monoisotopic (exact) mass is 360 g/mol. The number of fused-ring (bicyclic) bond motifs is 1. The van der Waals surface area contributed by atoms with Gasteiger partial charge in [0.05, 0.1) is 5.52 Å². The normalized spacial score (nSPS) is 10.8. The van der Waals surface area contributed by atoms with E-state index in [1.807, 2.05) is 37.3 Å². The first kappa shape index (κ1) is 14.4. The molecule has 106 valence electrons. The van der Waals surface area contributed by atoms with Crippen LogP contribution in [0.25, 0.3) is 10.9 Å². The Bertz CT molecular complexity index is 802. The van der Waals surface area contributed by atoms with Crippen molar-refractivity contribution < 1.29 is 0 Å². The highest BCUT2D eigenvalue weighted by molar-refractivity contribution is 9.10. The van der Waals surface area contributed by atoms with Crippen LogP contribution >= 0.6 is 27.5 Å². The number of aromatic nitrogens is 1. The largest absolute Gasteiger partial charge is 0.380 e. The molecule has 0 saturated heterocycles. The van der Waals surface area contributed by atoms with Crippen molar-refractivity contribution in [2.75, 3.05) is 5.32 Å². The number of anilines is 1. The molecular formula is C17H14BrClN2. The van der Waals surface area contributed by atoms with Crippen molar-refractivity contribution in [3.8, 4) is 0 Å². The van der Waals surface area contributed by atoms with Crippen LogP contribution in [-0.2, 0) is 6.54 Å². The molecule has 0 saturated carbocycles. The van der Waals surface area contributed by atoms with Gasteiger partial charge in [0.25, 0.3) is 0 Å². The molecule has 0 amide bonds. The zero-order valence-electron chi connectivity index (χ0n) is 11.5. The van der Waals surface area contributed by atoms with Crippen molar-refractivity contribution in [2.45, 2.75) is 13.5 Å². The van der Waals surface area contributed by atoms with Crippen LogP contribution < -0.4 is 5.32 Å². The molecule has 1 aromatic heterocycles. The molecule has 0 unspecified atom stereocenters. The summed E-state index contributed by atoms with van der Waals surface area (Å²) >= 11 is 9.59. The highest BCUT2D eigenvalue weighted by atomic mass is 79.9. The van der Waals surface area contributed by atoms with Crippen LogP contribution in [0.5, 0.6) is 0 Å². The third-order valence-electron chi connectivity index (χ3n) is 3.29. The Morgan fingerprint density at radius 1 is 1.14 bits per heavy atom. The van der Waals surface area contributed by atoms with Crippen molar-refractivity contribution in [1.29, 1.82) is 0 Å². The lowest BCUT2D eigenvalue weighted by Crippen LogP contribution is -2.01. The lowest BCUT2D eigenvalue weighted by molar-refractivity contribution is 1.14. The van der Waals surface area contributed by atoms with E-state index in [1.165, 1.54) is 0 Å². The maximum absolute atomic E-state index is 6.02. The minimum atomic E-state index is 0.728. The Morgan fingerprint density at radius 2 is 1.95 bits per heavy atom. The molecule has 21 heavy (non-hydrogen) atoms. The SMILES string of the molecule is Cc1cc(NCc2cccc(Cl)c2)c2cccc(Br)c2n1. The number of halogens is 2. The van der Waals surface area contributed by atoms with E-state index in [9.17, 15) is 0 Å².